The van der Waals surface area contributed by atoms with Crippen molar-refractivity contribution in [2.24, 2.45) is 0 Å². The summed E-state index contributed by atoms with van der Waals surface area (Å²) >= 11 is 0. The van der Waals surface area contributed by atoms with E-state index < -0.39 is 0 Å². The molecule has 0 radical (unpaired) electrons. The molecule has 0 aliphatic carbocycles. The smallest absolute Gasteiger partial charge is 0.181 e. The monoisotopic (exact) mass is 267 g/mol. The van der Waals surface area contributed by atoms with Crippen molar-refractivity contribution in [3.05, 3.63) is 54.4 Å². The van der Waals surface area contributed by atoms with Crippen LogP contribution >= 0.6 is 0 Å². The second-order valence-electron chi connectivity index (χ2n) is 4.92. The van der Waals surface area contributed by atoms with Crippen LogP contribution in [0.15, 0.2) is 53.3 Å². The first-order valence-corrected chi connectivity index (χ1v) is 6.61. The molecule has 0 saturated heterocycles. The fraction of sp³-hybridized carbons (Fsp3) is 0.188. The lowest BCUT2D eigenvalue weighted by Gasteiger charge is -2.19. The summed E-state index contributed by atoms with van der Waals surface area (Å²) in [4.78, 5) is 6.33. The number of likely N-dealkylation sites (N-methyl/N-ethyl adjacent to an activating group) is 1. The fourth-order valence-corrected chi connectivity index (χ4v) is 2.21. The largest absolute Gasteiger partial charge is 0.443 e. The predicted molar refractivity (Wildman–Crippen MR) is 81.8 cm³/mol. The van der Waals surface area contributed by atoms with E-state index in [1.54, 1.807) is 0 Å². The lowest BCUT2D eigenvalue weighted by atomic mass is 10.1. The van der Waals surface area contributed by atoms with Gasteiger partial charge in [-0.05, 0) is 48.4 Å². The Bertz CT molecular complexity index is 703. The molecule has 0 aliphatic heterocycles. The van der Waals surface area contributed by atoms with E-state index in [1.165, 1.54) is 17.6 Å². The van der Waals surface area contributed by atoms with E-state index in [1.807, 2.05) is 30.3 Å². The number of anilines is 2. The summed E-state index contributed by atoms with van der Waals surface area (Å²) in [5.74, 6) is 0. The van der Waals surface area contributed by atoms with Gasteiger partial charge < -0.3 is 15.1 Å². The van der Waals surface area contributed by atoms with Crippen molar-refractivity contribution < 1.29 is 4.42 Å². The highest BCUT2D eigenvalue weighted by molar-refractivity contribution is 5.72. The molecule has 0 bridgehead atoms. The van der Waals surface area contributed by atoms with Crippen LogP contribution in [0, 0.1) is 0 Å². The highest BCUT2D eigenvalue weighted by atomic mass is 16.3. The zero-order valence-corrected chi connectivity index (χ0v) is 11.4. The van der Waals surface area contributed by atoms with Crippen molar-refractivity contribution in [2.45, 2.75) is 6.42 Å². The maximum absolute atomic E-state index is 5.70. The first-order chi connectivity index (χ1) is 9.72. The van der Waals surface area contributed by atoms with Crippen LogP contribution in [-0.2, 0) is 6.42 Å². The minimum absolute atomic E-state index is 0.790. The average Bonchev–Trinajstić information content (AvgIpc) is 2.93. The van der Waals surface area contributed by atoms with E-state index in [-0.39, 0.29) is 0 Å². The standard InChI is InChI=1S/C16H17N3O/c1-19(14-5-3-13(17)4-6-14)9-8-12-2-7-15-16(10-12)20-11-18-15/h2-7,10-11H,8-9,17H2,1H3. The van der Waals surface area contributed by atoms with Gasteiger partial charge in [0.15, 0.2) is 12.0 Å². The molecule has 0 unspecified atom stereocenters. The number of hydrogen-bond donors (Lipinski definition) is 1. The molecular formula is C16H17N3O. The molecule has 0 spiro atoms. The summed E-state index contributed by atoms with van der Waals surface area (Å²) in [5.41, 5.74) is 10.7. The molecule has 1 aromatic heterocycles. The minimum atomic E-state index is 0.790. The second-order valence-corrected chi connectivity index (χ2v) is 4.92. The van der Waals surface area contributed by atoms with E-state index in [0.717, 1.165) is 29.8 Å². The number of aromatic nitrogens is 1. The summed E-state index contributed by atoms with van der Waals surface area (Å²) in [7, 11) is 2.08. The van der Waals surface area contributed by atoms with Crippen molar-refractivity contribution in [3.63, 3.8) is 0 Å². The SMILES string of the molecule is CN(CCc1ccc2ncoc2c1)c1ccc(N)cc1. The predicted octanol–water partition coefficient (Wildman–Crippen LogP) is 3.09. The lowest BCUT2D eigenvalue weighted by Crippen LogP contribution is -2.20. The number of fused-ring (bicyclic) bond motifs is 1. The third kappa shape index (κ3) is 2.59. The summed E-state index contributed by atoms with van der Waals surface area (Å²) < 4.78 is 5.32. The van der Waals surface area contributed by atoms with Gasteiger partial charge in [0.2, 0.25) is 0 Å². The fourth-order valence-electron chi connectivity index (χ4n) is 2.21. The Kier molecular flexibility index (Phi) is 3.29. The zero-order chi connectivity index (χ0) is 13.9. The van der Waals surface area contributed by atoms with Gasteiger partial charge in [0, 0.05) is 25.0 Å². The number of nitrogens with zero attached hydrogens (tertiary/aromatic N) is 2. The first kappa shape index (κ1) is 12.5. The normalized spacial score (nSPS) is 10.8. The highest BCUT2D eigenvalue weighted by Crippen LogP contribution is 2.17. The van der Waals surface area contributed by atoms with E-state index >= 15 is 0 Å². The first-order valence-electron chi connectivity index (χ1n) is 6.61. The average molecular weight is 267 g/mol. The molecule has 0 atom stereocenters. The third-order valence-corrected chi connectivity index (χ3v) is 3.47. The maximum Gasteiger partial charge on any atom is 0.181 e. The summed E-state index contributed by atoms with van der Waals surface area (Å²) in [6, 6.07) is 14.1. The van der Waals surface area contributed by atoms with Gasteiger partial charge in [-0.25, -0.2) is 4.98 Å². The molecule has 102 valence electrons. The van der Waals surface area contributed by atoms with Crippen LogP contribution in [0.5, 0.6) is 0 Å². The Hall–Kier alpha value is -2.49. The summed E-state index contributed by atoms with van der Waals surface area (Å²) in [5, 5.41) is 0. The third-order valence-electron chi connectivity index (χ3n) is 3.47. The van der Waals surface area contributed by atoms with Crippen LogP contribution in [0.25, 0.3) is 11.1 Å². The van der Waals surface area contributed by atoms with Crippen molar-refractivity contribution in [1.82, 2.24) is 4.98 Å². The molecule has 3 rings (SSSR count). The van der Waals surface area contributed by atoms with Gasteiger partial charge in [0.25, 0.3) is 0 Å². The molecule has 20 heavy (non-hydrogen) atoms. The second kappa shape index (κ2) is 5.25. The van der Waals surface area contributed by atoms with Crippen molar-refractivity contribution in [2.75, 3.05) is 24.2 Å². The van der Waals surface area contributed by atoms with Crippen LogP contribution in [0.3, 0.4) is 0 Å². The summed E-state index contributed by atoms with van der Waals surface area (Å²) in [6.07, 6.45) is 2.44. The van der Waals surface area contributed by atoms with Crippen molar-refractivity contribution in [3.8, 4) is 0 Å². The van der Waals surface area contributed by atoms with Gasteiger partial charge in [-0.3, -0.25) is 0 Å². The number of hydrogen-bond acceptors (Lipinski definition) is 4. The Morgan fingerprint density at radius 1 is 1.15 bits per heavy atom. The van der Waals surface area contributed by atoms with Gasteiger partial charge in [-0.2, -0.15) is 0 Å². The molecule has 3 aromatic rings. The van der Waals surface area contributed by atoms with Crippen LogP contribution in [0.2, 0.25) is 0 Å². The number of nitrogen functional groups attached to an aromatic ring is 1. The number of rotatable bonds is 4. The molecule has 2 N–H and O–H groups in total. The van der Waals surface area contributed by atoms with E-state index in [4.69, 9.17) is 10.2 Å². The highest BCUT2D eigenvalue weighted by Gasteiger charge is 2.04. The van der Waals surface area contributed by atoms with Crippen molar-refractivity contribution in [1.29, 1.82) is 0 Å². The lowest BCUT2D eigenvalue weighted by molar-refractivity contribution is 0.601. The van der Waals surface area contributed by atoms with Crippen LogP contribution in [0.4, 0.5) is 11.4 Å². The molecule has 0 saturated carbocycles. The number of benzene rings is 2. The summed E-state index contributed by atoms with van der Waals surface area (Å²) in [6.45, 7) is 0.934. The molecule has 4 nitrogen and oxygen atoms in total. The van der Waals surface area contributed by atoms with Gasteiger partial charge in [0.05, 0.1) is 0 Å². The van der Waals surface area contributed by atoms with Gasteiger partial charge in [-0.15, -0.1) is 0 Å². The van der Waals surface area contributed by atoms with Crippen molar-refractivity contribution >= 4 is 22.5 Å². The Morgan fingerprint density at radius 3 is 2.75 bits per heavy atom. The molecule has 1 heterocycles. The van der Waals surface area contributed by atoms with Crippen LogP contribution in [-0.4, -0.2) is 18.6 Å². The van der Waals surface area contributed by atoms with E-state index in [2.05, 4.69) is 29.1 Å². The topological polar surface area (TPSA) is 55.3 Å². The quantitative estimate of drug-likeness (QED) is 0.738. The Morgan fingerprint density at radius 2 is 1.95 bits per heavy atom. The van der Waals surface area contributed by atoms with Gasteiger partial charge >= 0.3 is 0 Å². The van der Waals surface area contributed by atoms with E-state index in [9.17, 15) is 0 Å². The minimum Gasteiger partial charge on any atom is -0.443 e. The van der Waals surface area contributed by atoms with Crippen LogP contribution in [0.1, 0.15) is 5.56 Å². The number of nitrogens with two attached hydrogens (primary N) is 1. The molecule has 2 aromatic carbocycles. The molecular weight excluding hydrogens is 250 g/mol. The molecule has 0 amide bonds. The Balaban J connectivity index is 1.67. The van der Waals surface area contributed by atoms with E-state index in [0.29, 0.717) is 0 Å². The molecule has 4 heteroatoms. The zero-order valence-electron chi connectivity index (χ0n) is 11.4. The Labute approximate surface area is 117 Å². The van der Waals surface area contributed by atoms with Gasteiger partial charge in [0.1, 0.15) is 5.52 Å². The molecule has 0 fully saturated rings. The van der Waals surface area contributed by atoms with Crippen LogP contribution < -0.4 is 10.6 Å². The maximum atomic E-state index is 5.70. The molecule has 0 aliphatic rings. The number of oxazole rings is 1. The van der Waals surface area contributed by atoms with Gasteiger partial charge in [-0.1, -0.05) is 6.07 Å².